The van der Waals surface area contributed by atoms with E-state index in [-0.39, 0.29) is 11.9 Å². The van der Waals surface area contributed by atoms with E-state index in [2.05, 4.69) is 27.9 Å². The maximum absolute atomic E-state index is 12.2. The molecule has 3 rings (SSSR count). The van der Waals surface area contributed by atoms with Crippen LogP contribution in [0.2, 0.25) is 0 Å². The summed E-state index contributed by atoms with van der Waals surface area (Å²) in [5, 5.41) is 10.6. The highest BCUT2D eigenvalue weighted by atomic mass is 16.2. The highest BCUT2D eigenvalue weighted by Crippen LogP contribution is 2.16. The quantitative estimate of drug-likeness (QED) is 0.873. The summed E-state index contributed by atoms with van der Waals surface area (Å²) >= 11 is 0. The molecule has 0 spiro atoms. The van der Waals surface area contributed by atoms with Crippen molar-refractivity contribution in [3.05, 3.63) is 53.3 Å². The van der Waals surface area contributed by atoms with Crippen LogP contribution in [0, 0.1) is 0 Å². The van der Waals surface area contributed by atoms with E-state index in [1.807, 2.05) is 31.4 Å². The second-order valence-electron chi connectivity index (χ2n) is 5.43. The molecule has 5 heteroatoms. The van der Waals surface area contributed by atoms with Crippen molar-refractivity contribution in [2.45, 2.75) is 25.4 Å². The van der Waals surface area contributed by atoms with Gasteiger partial charge in [0.2, 0.25) is 5.91 Å². The SMILES string of the molecule is Cn1ccc(CCNC(=O)[C@H]2Cc3ccccc3CN2)n1. The lowest BCUT2D eigenvalue weighted by Crippen LogP contribution is -2.48. The zero-order valence-electron chi connectivity index (χ0n) is 12.2. The zero-order chi connectivity index (χ0) is 14.7. The van der Waals surface area contributed by atoms with E-state index in [1.165, 1.54) is 11.1 Å². The van der Waals surface area contributed by atoms with Crippen LogP contribution in [0.25, 0.3) is 0 Å². The molecule has 2 aromatic rings. The van der Waals surface area contributed by atoms with Crippen molar-refractivity contribution in [1.29, 1.82) is 0 Å². The van der Waals surface area contributed by atoms with E-state index in [1.54, 1.807) is 4.68 Å². The molecule has 2 heterocycles. The third kappa shape index (κ3) is 3.31. The van der Waals surface area contributed by atoms with Crippen molar-refractivity contribution in [3.8, 4) is 0 Å². The fourth-order valence-electron chi connectivity index (χ4n) is 2.67. The van der Waals surface area contributed by atoms with Gasteiger partial charge >= 0.3 is 0 Å². The fraction of sp³-hybridized carbons (Fsp3) is 0.375. The van der Waals surface area contributed by atoms with Crippen LogP contribution in [0.1, 0.15) is 16.8 Å². The Kier molecular flexibility index (Phi) is 4.01. The largest absolute Gasteiger partial charge is 0.354 e. The number of amides is 1. The normalized spacial score (nSPS) is 17.3. The maximum atomic E-state index is 12.2. The van der Waals surface area contributed by atoms with Crippen LogP contribution in [0.5, 0.6) is 0 Å². The van der Waals surface area contributed by atoms with Gasteiger partial charge in [0.25, 0.3) is 0 Å². The minimum absolute atomic E-state index is 0.0698. The van der Waals surface area contributed by atoms with Gasteiger partial charge in [-0.1, -0.05) is 24.3 Å². The number of carbonyl (C=O) groups excluding carboxylic acids is 1. The second kappa shape index (κ2) is 6.10. The number of aryl methyl sites for hydroxylation is 1. The van der Waals surface area contributed by atoms with Gasteiger partial charge < -0.3 is 10.6 Å². The molecule has 1 atom stereocenters. The molecule has 0 radical (unpaired) electrons. The molecule has 0 bridgehead atoms. The predicted molar refractivity (Wildman–Crippen MR) is 80.7 cm³/mol. The summed E-state index contributed by atoms with van der Waals surface area (Å²) in [6, 6.07) is 10.1. The molecule has 110 valence electrons. The third-order valence-corrected chi connectivity index (χ3v) is 3.85. The van der Waals surface area contributed by atoms with Crippen LogP contribution in [0.15, 0.2) is 36.5 Å². The average Bonchev–Trinajstić information content (AvgIpc) is 2.92. The lowest BCUT2D eigenvalue weighted by Gasteiger charge is -2.25. The van der Waals surface area contributed by atoms with Crippen LogP contribution >= 0.6 is 0 Å². The highest BCUT2D eigenvalue weighted by molar-refractivity contribution is 5.82. The molecule has 2 N–H and O–H groups in total. The van der Waals surface area contributed by atoms with Gasteiger partial charge in [0.15, 0.2) is 0 Å². The molecule has 0 saturated carbocycles. The summed E-state index contributed by atoms with van der Waals surface area (Å²) in [5.74, 6) is 0.0698. The van der Waals surface area contributed by atoms with Crippen LogP contribution in [-0.4, -0.2) is 28.3 Å². The molecule has 0 saturated heterocycles. The van der Waals surface area contributed by atoms with Crippen LogP contribution < -0.4 is 10.6 Å². The van der Waals surface area contributed by atoms with Gasteiger partial charge in [-0.05, 0) is 23.6 Å². The number of aromatic nitrogens is 2. The Balaban J connectivity index is 1.50. The molecule has 1 aromatic heterocycles. The lowest BCUT2D eigenvalue weighted by atomic mass is 9.95. The molecule has 0 aliphatic carbocycles. The molecule has 1 amide bonds. The first-order valence-electron chi connectivity index (χ1n) is 7.29. The Bertz CT molecular complexity index is 635. The third-order valence-electron chi connectivity index (χ3n) is 3.85. The second-order valence-corrected chi connectivity index (χ2v) is 5.43. The van der Waals surface area contributed by atoms with Gasteiger partial charge in [0, 0.05) is 32.8 Å². The van der Waals surface area contributed by atoms with Gasteiger partial charge in [0.1, 0.15) is 0 Å². The summed E-state index contributed by atoms with van der Waals surface area (Å²) in [5.41, 5.74) is 3.55. The summed E-state index contributed by atoms with van der Waals surface area (Å²) < 4.78 is 1.77. The summed E-state index contributed by atoms with van der Waals surface area (Å²) in [4.78, 5) is 12.2. The fourth-order valence-corrected chi connectivity index (χ4v) is 2.67. The smallest absolute Gasteiger partial charge is 0.237 e. The average molecular weight is 284 g/mol. The Morgan fingerprint density at radius 3 is 2.95 bits per heavy atom. The number of fused-ring (bicyclic) bond motifs is 1. The predicted octanol–water partition coefficient (Wildman–Crippen LogP) is 0.793. The minimum atomic E-state index is -0.136. The van der Waals surface area contributed by atoms with Crippen molar-refractivity contribution < 1.29 is 4.79 Å². The molecule has 1 aromatic carbocycles. The number of carbonyl (C=O) groups is 1. The Morgan fingerprint density at radius 2 is 2.19 bits per heavy atom. The molecule has 1 aliphatic heterocycles. The van der Waals surface area contributed by atoms with Gasteiger partial charge in [-0.3, -0.25) is 9.48 Å². The highest BCUT2D eigenvalue weighted by Gasteiger charge is 2.23. The van der Waals surface area contributed by atoms with Crippen molar-refractivity contribution in [1.82, 2.24) is 20.4 Å². The van der Waals surface area contributed by atoms with Crippen molar-refractivity contribution in [3.63, 3.8) is 0 Å². The van der Waals surface area contributed by atoms with E-state index in [4.69, 9.17) is 0 Å². The van der Waals surface area contributed by atoms with E-state index >= 15 is 0 Å². The van der Waals surface area contributed by atoms with Gasteiger partial charge in [0.05, 0.1) is 11.7 Å². The first kappa shape index (κ1) is 13.8. The number of benzene rings is 1. The van der Waals surface area contributed by atoms with Crippen LogP contribution in [-0.2, 0) is 31.2 Å². The van der Waals surface area contributed by atoms with Crippen molar-refractivity contribution in [2.24, 2.45) is 7.05 Å². The molecule has 0 unspecified atom stereocenters. The summed E-state index contributed by atoms with van der Waals surface area (Å²) in [6.45, 7) is 1.38. The number of hydrogen-bond donors (Lipinski definition) is 2. The van der Waals surface area contributed by atoms with Crippen LogP contribution in [0.3, 0.4) is 0 Å². The summed E-state index contributed by atoms with van der Waals surface area (Å²) in [6.07, 6.45) is 3.43. The number of nitrogens with zero attached hydrogens (tertiary/aromatic N) is 2. The first-order chi connectivity index (χ1) is 10.2. The van der Waals surface area contributed by atoms with Gasteiger partial charge in [-0.2, -0.15) is 5.10 Å². The lowest BCUT2D eigenvalue weighted by molar-refractivity contribution is -0.123. The van der Waals surface area contributed by atoms with E-state index in [9.17, 15) is 4.79 Å². The Morgan fingerprint density at radius 1 is 1.38 bits per heavy atom. The number of hydrogen-bond acceptors (Lipinski definition) is 3. The van der Waals surface area contributed by atoms with Crippen molar-refractivity contribution in [2.75, 3.05) is 6.54 Å². The number of rotatable bonds is 4. The van der Waals surface area contributed by atoms with Gasteiger partial charge in [-0.15, -0.1) is 0 Å². The van der Waals surface area contributed by atoms with E-state index < -0.39 is 0 Å². The van der Waals surface area contributed by atoms with E-state index in [0.717, 1.165) is 25.1 Å². The molecule has 21 heavy (non-hydrogen) atoms. The molecular weight excluding hydrogens is 264 g/mol. The molecular formula is C16H20N4O. The molecule has 0 fully saturated rings. The topological polar surface area (TPSA) is 59.0 Å². The standard InChI is InChI=1S/C16H20N4O/c1-20-9-7-14(19-20)6-8-17-16(21)15-10-12-4-2-3-5-13(12)11-18-15/h2-5,7,9,15,18H,6,8,10-11H2,1H3,(H,17,21)/t15-/m1/s1. The van der Waals surface area contributed by atoms with E-state index in [0.29, 0.717) is 6.54 Å². The van der Waals surface area contributed by atoms with Gasteiger partial charge in [-0.25, -0.2) is 0 Å². The summed E-state index contributed by atoms with van der Waals surface area (Å²) in [7, 11) is 1.89. The monoisotopic (exact) mass is 284 g/mol. The molecule has 5 nitrogen and oxygen atoms in total. The van der Waals surface area contributed by atoms with Crippen molar-refractivity contribution >= 4 is 5.91 Å². The number of nitrogens with one attached hydrogen (secondary N) is 2. The Hall–Kier alpha value is -2.14. The maximum Gasteiger partial charge on any atom is 0.237 e. The first-order valence-corrected chi connectivity index (χ1v) is 7.29. The van der Waals surface area contributed by atoms with Crippen LogP contribution in [0.4, 0.5) is 0 Å². The zero-order valence-corrected chi connectivity index (χ0v) is 12.2. The molecule has 1 aliphatic rings. The minimum Gasteiger partial charge on any atom is -0.354 e. The Labute approximate surface area is 124 Å².